The standard InChI is InChI=1S/C15H24N6/c16-13-18-14(17-12(10-4-5-10)11-6-7-11)20-15(19-13)21-8-2-1-3-9-21/h10-12H,1-9H2,(H3,16,17,18,19,20). The molecule has 0 atom stereocenters. The van der Waals surface area contributed by atoms with Gasteiger partial charge in [-0.15, -0.1) is 0 Å². The van der Waals surface area contributed by atoms with Gasteiger partial charge >= 0.3 is 0 Å². The molecule has 1 aromatic rings. The van der Waals surface area contributed by atoms with E-state index >= 15 is 0 Å². The van der Waals surface area contributed by atoms with E-state index in [0.29, 0.717) is 17.9 Å². The van der Waals surface area contributed by atoms with E-state index < -0.39 is 0 Å². The molecule has 3 fully saturated rings. The van der Waals surface area contributed by atoms with E-state index in [1.54, 1.807) is 0 Å². The van der Waals surface area contributed by atoms with Gasteiger partial charge in [0.25, 0.3) is 0 Å². The summed E-state index contributed by atoms with van der Waals surface area (Å²) in [5.41, 5.74) is 5.90. The molecule has 6 nitrogen and oxygen atoms in total. The number of piperidine rings is 1. The minimum absolute atomic E-state index is 0.332. The van der Waals surface area contributed by atoms with Gasteiger partial charge in [0.2, 0.25) is 17.8 Å². The summed E-state index contributed by atoms with van der Waals surface area (Å²) in [7, 11) is 0. The van der Waals surface area contributed by atoms with Gasteiger partial charge in [0.15, 0.2) is 0 Å². The molecular weight excluding hydrogens is 264 g/mol. The topological polar surface area (TPSA) is 80.0 Å². The number of anilines is 3. The normalized spacial score (nSPS) is 22.6. The van der Waals surface area contributed by atoms with Crippen LogP contribution in [0.25, 0.3) is 0 Å². The van der Waals surface area contributed by atoms with E-state index in [0.717, 1.165) is 30.9 Å². The molecule has 0 amide bonds. The predicted molar refractivity (Wildman–Crippen MR) is 83.2 cm³/mol. The zero-order valence-corrected chi connectivity index (χ0v) is 12.5. The van der Waals surface area contributed by atoms with E-state index in [2.05, 4.69) is 25.2 Å². The lowest BCUT2D eigenvalue weighted by Crippen LogP contribution is -2.32. The third-order valence-corrected chi connectivity index (χ3v) is 4.84. The Kier molecular flexibility index (Phi) is 3.31. The molecule has 0 radical (unpaired) electrons. The van der Waals surface area contributed by atoms with Gasteiger partial charge in [-0.1, -0.05) is 0 Å². The van der Waals surface area contributed by atoms with Crippen molar-refractivity contribution in [1.82, 2.24) is 15.0 Å². The predicted octanol–water partition coefficient (Wildman–Crippen LogP) is 2.04. The van der Waals surface area contributed by atoms with Gasteiger partial charge in [-0.2, -0.15) is 15.0 Å². The van der Waals surface area contributed by atoms with Crippen LogP contribution in [0.5, 0.6) is 0 Å². The summed E-state index contributed by atoms with van der Waals surface area (Å²) in [4.78, 5) is 15.5. The van der Waals surface area contributed by atoms with Crippen molar-refractivity contribution < 1.29 is 0 Å². The van der Waals surface area contributed by atoms with Crippen LogP contribution in [0.2, 0.25) is 0 Å². The highest BCUT2D eigenvalue weighted by atomic mass is 15.3. The fraction of sp³-hybridized carbons (Fsp3) is 0.800. The van der Waals surface area contributed by atoms with Gasteiger partial charge in [-0.05, 0) is 56.8 Å². The monoisotopic (exact) mass is 288 g/mol. The Morgan fingerprint density at radius 3 is 2.24 bits per heavy atom. The van der Waals surface area contributed by atoms with Crippen molar-refractivity contribution in [2.24, 2.45) is 11.8 Å². The molecule has 1 aliphatic heterocycles. The molecule has 2 heterocycles. The molecule has 2 saturated carbocycles. The van der Waals surface area contributed by atoms with Crippen LogP contribution in [0, 0.1) is 11.8 Å². The third kappa shape index (κ3) is 3.04. The SMILES string of the molecule is Nc1nc(NC(C2CC2)C2CC2)nc(N2CCCCC2)n1. The lowest BCUT2D eigenvalue weighted by Gasteiger charge is -2.27. The van der Waals surface area contributed by atoms with Crippen LogP contribution in [0.3, 0.4) is 0 Å². The Morgan fingerprint density at radius 2 is 1.62 bits per heavy atom. The first-order valence-corrected chi connectivity index (χ1v) is 8.32. The molecule has 6 heteroatoms. The van der Waals surface area contributed by atoms with Crippen LogP contribution in [-0.2, 0) is 0 Å². The van der Waals surface area contributed by atoms with Crippen molar-refractivity contribution >= 4 is 17.8 Å². The number of aromatic nitrogens is 3. The first-order valence-electron chi connectivity index (χ1n) is 8.32. The second-order valence-electron chi connectivity index (χ2n) is 6.71. The Balaban J connectivity index is 1.52. The highest BCUT2D eigenvalue weighted by molar-refractivity contribution is 5.43. The van der Waals surface area contributed by atoms with E-state index in [-0.39, 0.29) is 0 Å². The van der Waals surface area contributed by atoms with E-state index in [1.807, 2.05) is 0 Å². The molecule has 2 aliphatic carbocycles. The van der Waals surface area contributed by atoms with Crippen LogP contribution >= 0.6 is 0 Å². The van der Waals surface area contributed by atoms with Crippen LogP contribution in [0.15, 0.2) is 0 Å². The lowest BCUT2D eigenvalue weighted by atomic mass is 10.1. The molecule has 114 valence electrons. The van der Waals surface area contributed by atoms with Crippen LogP contribution < -0.4 is 16.0 Å². The van der Waals surface area contributed by atoms with Crippen LogP contribution in [-0.4, -0.2) is 34.1 Å². The molecule has 4 rings (SSSR count). The summed E-state index contributed by atoms with van der Waals surface area (Å²) in [6.07, 6.45) is 9.08. The van der Waals surface area contributed by atoms with E-state index in [1.165, 1.54) is 44.9 Å². The first kappa shape index (κ1) is 13.1. The molecule has 21 heavy (non-hydrogen) atoms. The summed E-state index contributed by atoms with van der Waals surface area (Å²) in [6, 6.07) is 0.543. The summed E-state index contributed by atoms with van der Waals surface area (Å²) in [5, 5.41) is 3.55. The fourth-order valence-electron chi connectivity index (χ4n) is 3.36. The maximum Gasteiger partial charge on any atom is 0.231 e. The maximum absolute atomic E-state index is 5.90. The average molecular weight is 288 g/mol. The van der Waals surface area contributed by atoms with Crippen molar-refractivity contribution in [3.05, 3.63) is 0 Å². The van der Waals surface area contributed by atoms with E-state index in [9.17, 15) is 0 Å². The molecule has 0 bridgehead atoms. The third-order valence-electron chi connectivity index (χ3n) is 4.84. The largest absolute Gasteiger partial charge is 0.368 e. The first-order chi connectivity index (χ1) is 10.3. The number of nitrogens with zero attached hydrogens (tertiary/aromatic N) is 4. The molecular formula is C15H24N6. The highest BCUT2D eigenvalue weighted by Gasteiger charge is 2.41. The number of nitrogen functional groups attached to an aromatic ring is 1. The molecule has 1 saturated heterocycles. The number of rotatable bonds is 5. The maximum atomic E-state index is 5.90. The van der Waals surface area contributed by atoms with Crippen molar-refractivity contribution in [1.29, 1.82) is 0 Å². The minimum Gasteiger partial charge on any atom is -0.368 e. The molecule has 0 unspecified atom stereocenters. The number of nitrogens with one attached hydrogen (secondary N) is 1. The Bertz CT molecular complexity index is 493. The van der Waals surface area contributed by atoms with Gasteiger partial charge in [-0.3, -0.25) is 0 Å². The summed E-state index contributed by atoms with van der Waals surface area (Å²) >= 11 is 0. The van der Waals surface area contributed by atoms with Gasteiger partial charge in [0.1, 0.15) is 0 Å². The average Bonchev–Trinajstić information content (AvgIpc) is 3.39. The molecule has 3 N–H and O–H groups in total. The zero-order valence-electron chi connectivity index (χ0n) is 12.5. The quantitative estimate of drug-likeness (QED) is 0.863. The second kappa shape index (κ2) is 5.31. The van der Waals surface area contributed by atoms with Gasteiger partial charge in [0, 0.05) is 19.1 Å². The summed E-state index contributed by atoms with van der Waals surface area (Å²) in [6.45, 7) is 2.05. The lowest BCUT2D eigenvalue weighted by molar-refractivity contribution is 0.557. The van der Waals surface area contributed by atoms with Gasteiger partial charge in [-0.25, -0.2) is 0 Å². The summed E-state index contributed by atoms with van der Waals surface area (Å²) < 4.78 is 0. The minimum atomic E-state index is 0.332. The van der Waals surface area contributed by atoms with Crippen molar-refractivity contribution in [3.63, 3.8) is 0 Å². The number of hydrogen-bond acceptors (Lipinski definition) is 6. The molecule has 1 aromatic heterocycles. The smallest absolute Gasteiger partial charge is 0.231 e. The Hall–Kier alpha value is -1.59. The van der Waals surface area contributed by atoms with Crippen molar-refractivity contribution in [2.75, 3.05) is 29.0 Å². The molecule has 0 spiro atoms. The number of hydrogen-bond donors (Lipinski definition) is 2. The second-order valence-corrected chi connectivity index (χ2v) is 6.71. The Labute approximate surface area is 125 Å². The van der Waals surface area contributed by atoms with Gasteiger partial charge in [0.05, 0.1) is 0 Å². The highest BCUT2D eigenvalue weighted by Crippen LogP contribution is 2.45. The van der Waals surface area contributed by atoms with Crippen LogP contribution in [0.4, 0.5) is 17.8 Å². The van der Waals surface area contributed by atoms with Gasteiger partial charge < -0.3 is 16.0 Å². The van der Waals surface area contributed by atoms with Crippen molar-refractivity contribution in [3.8, 4) is 0 Å². The molecule has 0 aromatic carbocycles. The summed E-state index contributed by atoms with van der Waals surface area (Å²) in [5.74, 6) is 3.38. The van der Waals surface area contributed by atoms with Crippen molar-refractivity contribution in [2.45, 2.75) is 51.0 Å². The zero-order chi connectivity index (χ0) is 14.2. The van der Waals surface area contributed by atoms with Crippen LogP contribution in [0.1, 0.15) is 44.9 Å². The molecule has 3 aliphatic rings. The van der Waals surface area contributed by atoms with E-state index in [4.69, 9.17) is 5.73 Å². The Morgan fingerprint density at radius 1 is 0.952 bits per heavy atom. The fourth-order valence-corrected chi connectivity index (χ4v) is 3.36. The number of nitrogens with two attached hydrogens (primary N) is 1.